The average molecular weight is 353 g/mol. The van der Waals surface area contributed by atoms with Crippen molar-refractivity contribution in [3.63, 3.8) is 0 Å². The number of aromatic nitrogens is 3. The van der Waals surface area contributed by atoms with Crippen molar-refractivity contribution in [1.29, 1.82) is 0 Å². The third kappa shape index (κ3) is 3.51. The van der Waals surface area contributed by atoms with Crippen molar-refractivity contribution in [1.82, 2.24) is 25.0 Å². The van der Waals surface area contributed by atoms with Crippen molar-refractivity contribution < 1.29 is 4.79 Å². The average Bonchev–Trinajstić information content (AvgIpc) is 3.08. The van der Waals surface area contributed by atoms with Crippen LogP contribution in [0.1, 0.15) is 43.0 Å². The Balaban J connectivity index is 1.45. The summed E-state index contributed by atoms with van der Waals surface area (Å²) in [6.07, 6.45) is 4.15. The summed E-state index contributed by atoms with van der Waals surface area (Å²) in [6.45, 7) is 5.43. The normalized spacial score (nSPS) is 21.0. The van der Waals surface area contributed by atoms with E-state index < -0.39 is 0 Å². The van der Waals surface area contributed by atoms with E-state index in [1.807, 2.05) is 30.0 Å². The first-order valence-electron chi connectivity index (χ1n) is 9.68. The van der Waals surface area contributed by atoms with Gasteiger partial charge >= 0.3 is 0 Å². The molecule has 0 aliphatic carbocycles. The molecule has 1 aromatic carbocycles. The number of fused-ring (bicyclic) bond motifs is 1. The van der Waals surface area contributed by atoms with E-state index in [0.29, 0.717) is 12.5 Å². The summed E-state index contributed by atoms with van der Waals surface area (Å²) in [4.78, 5) is 14.8. The van der Waals surface area contributed by atoms with Crippen molar-refractivity contribution in [2.75, 3.05) is 19.6 Å². The monoisotopic (exact) mass is 353 g/mol. The van der Waals surface area contributed by atoms with Crippen LogP contribution in [0.4, 0.5) is 0 Å². The number of nitrogens with zero attached hydrogens (tertiary/aromatic N) is 4. The largest absolute Gasteiger partial charge is 0.333 e. The topological polar surface area (TPSA) is 63.1 Å². The van der Waals surface area contributed by atoms with E-state index in [2.05, 4.69) is 32.2 Å². The molecule has 1 amide bonds. The molecule has 0 bridgehead atoms. The summed E-state index contributed by atoms with van der Waals surface area (Å²) in [7, 11) is 0. The van der Waals surface area contributed by atoms with Crippen LogP contribution in [0.15, 0.2) is 30.3 Å². The molecule has 1 N–H and O–H groups in total. The van der Waals surface area contributed by atoms with Crippen molar-refractivity contribution >= 4 is 5.91 Å². The van der Waals surface area contributed by atoms with Crippen molar-refractivity contribution in [2.45, 2.75) is 45.2 Å². The Labute approximate surface area is 154 Å². The van der Waals surface area contributed by atoms with E-state index in [1.54, 1.807) is 0 Å². The van der Waals surface area contributed by atoms with Crippen LogP contribution in [0.25, 0.3) is 0 Å². The predicted octanol–water partition coefficient (Wildman–Crippen LogP) is 1.97. The number of nitrogens with one attached hydrogen (secondary N) is 1. The molecular weight excluding hydrogens is 326 g/mol. The van der Waals surface area contributed by atoms with Gasteiger partial charge in [0.05, 0.1) is 6.54 Å². The van der Waals surface area contributed by atoms with Gasteiger partial charge in [-0.2, -0.15) is 0 Å². The Kier molecular flexibility index (Phi) is 5.02. The molecule has 6 nitrogen and oxygen atoms in total. The standard InChI is InChI=1S/C20H27N5O/c1-15-20(26)24(12-9-16-5-3-2-4-6-16)14-19-23-22-18(25(15)19)13-17-7-10-21-11-8-17/h2-6,15,17,21H,7-14H2,1H3/t15-/m1/s1. The Morgan fingerprint density at radius 3 is 2.69 bits per heavy atom. The first-order valence-corrected chi connectivity index (χ1v) is 9.68. The minimum absolute atomic E-state index is 0.180. The van der Waals surface area contributed by atoms with Gasteiger partial charge in [-0.05, 0) is 50.8 Å². The number of piperidine rings is 1. The summed E-state index contributed by atoms with van der Waals surface area (Å²) < 4.78 is 2.09. The molecule has 1 atom stereocenters. The molecule has 26 heavy (non-hydrogen) atoms. The molecule has 138 valence electrons. The fourth-order valence-corrected chi connectivity index (χ4v) is 4.12. The van der Waals surface area contributed by atoms with Crippen LogP contribution in [-0.2, 0) is 24.2 Å². The van der Waals surface area contributed by atoms with Gasteiger partial charge in [0, 0.05) is 13.0 Å². The lowest BCUT2D eigenvalue weighted by molar-refractivity contribution is -0.137. The van der Waals surface area contributed by atoms with Gasteiger partial charge in [0.15, 0.2) is 5.82 Å². The summed E-state index contributed by atoms with van der Waals surface area (Å²) in [6, 6.07) is 10.1. The zero-order valence-corrected chi connectivity index (χ0v) is 15.4. The van der Waals surface area contributed by atoms with Gasteiger partial charge in [0.2, 0.25) is 5.91 Å². The van der Waals surface area contributed by atoms with Crippen LogP contribution >= 0.6 is 0 Å². The smallest absolute Gasteiger partial charge is 0.245 e. The van der Waals surface area contributed by atoms with Gasteiger partial charge in [0.25, 0.3) is 0 Å². The van der Waals surface area contributed by atoms with Crippen LogP contribution in [0.2, 0.25) is 0 Å². The zero-order chi connectivity index (χ0) is 17.9. The summed E-state index contributed by atoms with van der Waals surface area (Å²) in [5.74, 6) is 2.73. The number of rotatable bonds is 5. The lowest BCUT2D eigenvalue weighted by atomic mass is 9.94. The third-order valence-electron chi connectivity index (χ3n) is 5.67. The highest BCUT2D eigenvalue weighted by Gasteiger charge is 2.33. The Hall–Kier alpha value is -2.21. The van der Waals surface area contributed by atoms with Gasteiger partial charge in [0.1, 0.15) is 11.9 Å². The molecule has 0 spiro atoms. The van der Waals surface area contributed by atoms with E-state index >= 15 is 0 Å². The molecule has 6 heteroatoms. The second-order valence-electron chi connectivity index (χ2n) is 7.47. The quantitative estimate of drug-likeness (QED) is 0.893. The molecular formula is C20H27N5O. The molecule has 1 fully saturated rings. The Bertz CT molecular complexity index is 751. The number of carbonyl (C=O) groups excluding carboxylic acids is 1. The van der Waals surface area contributed by atoms with Gasteiger partial charge in [-0.15, -0.1) is 10.2 Å². The molecule has 2 aliphatic rings. The molecule has 0 radical (unpaired) electrons. The fourth-order valence-electron chi connectivity index (χ4n) is 4.12. The molecule has 4 rings (SSSR count). The number of benzene rings is 1. The molecule has 2 aliphatic heterocycles. The van der Waals surface area contributed by atoms with Crippen LogP contribution in [0.5, 0.6) is 0 Å². The SMILES string of the molecule is C[C@@H]1C(=O)N(CCc2ccccc2)Cc2nnc(CC3CCNCC3)n21. The molecule has 3 heterocycles. The zero-order valence-electron chi connectivity index (χ0n) is 15.4. The fraction of sp³-hybridized carbons (Fsp3) is 0.550. The summed E-state index contributed by atoms with van der Waals surface area (Å²) in [5, 5.41) is 12.3. The maximum atomic E-state index is 12.9. The third-order valence-corrected chi connectivity index (χ3v) is 5.67. The maximum absolute atomic E-state index is 12.9. The summed E-state index contributed by atoms with van der Waals surface area (Å²) in [5.41, 5.74) is 1.26. The van der Waals surface area contributed by atoms with E-state index in [4.69, 9.17) is 0 Å². The molecule has 0 saturated carbocycles. The van der Waals surface area contributed by atoms with Crippen molar-refractivity contribution in [3.05, 3.63) is 47.5 Å². The van der Waals surface area contributed by atoms with Gasteiger partial charge < -0.3 is 14.8 Å². The highest BCUT2D eigenvalue weighted by Crippen LogP contribution is 2.26. The van der Waals surface area contributed by atoms with E-state index in [9.17, 15) is 4.79 Å². The number of amides is 1. The second kappa shape index (κ2) is 7.58. The summed E-state index contributed by atoms with van der Waals surface area (Å²) >= 11 is 0. The second-order valence-corrected chi connectivity index (χ2v) is 7.47. The first-order chi connectivity index (χ1) is 12.7. The molecule has 0 unspecified atom stereocenters. The molecule has 2 aromatic rings. The van der Waals surface area contributed by atoms with Crippen LogP contribution in [-0.4, -0.2) is 45.2 Å². The molecule has 1 saturated heterocycles. The number of carbonyl (C=O) groups is 1. The Morgan fingerprint density at radius 2 is 1.92 bits per heavy atom. The van der Waals surface area contributed by atoms with Gasteiger partial charge in [-0.3, -0.25) is 4.79 Å². The van der Waals surface area contributed by atoms with Crippen LogP contribution in [0, 0.1) is 5.92 Å². The molecule has 1 aromatic heterocycles. The van der Waals surface area contributed by atoms with Crippen molar-refractivity contribution in [2.24, 2.45) is 5.92 Å². The predicted molar refractivity (Wildman–Crippen MR) is 99.6 cm³/mol. The Morgan fingerprint density at radius 1 is 1.15 bits per heavy atom. The van der Waals surface area contributed by atoms with Gasteiger partial charge in [-0.1, -0.05) is 30.3 Å². The van der Waals surface area contributed by atoms with Gasteiger partial charge in [-0.25, -0.2) is 0 Å². The number of hydrogen-bond donors (Lipinski definition) is 1. The lowest BCUT2D eigenvalue weighted by Gasteiger charge is -2.32. The maximum Gasteiger partial charge on any atom is 0.245 e. The van der Waals surface area contributed by atoms with E-state index in [0.717, 1.165) is 44.1 Å². The van der Waals surface area contributed by atoms with Crippen LogP contribution < -0.4 is 5.32 Å². The van der Waals surface area contributed by atoms with Crippen molar-refractivity contribution in [3.8, 4) is 0 Å². The number of hydrogen-bond acceptors (Lipinski definition) is 4. The minimum atomic E-state index is -0.207. The van der Waals surface area contributed by atoms with Crippen LogP contribution in [0.3, 0.4) is 0 Å². The first kappa shape index (κ1) is 17.2. The highest BCUT2D eigenvalue weighted by molar-refractivity contribution is 5.81. The lowest BCUT2D eigenvalue weighted by Crippen LogP contribution is -2.43. The van der Waals surface area contributed by atoms with E-state index in [-0.39, 0.29) is 11.9 Å². The van der Waals surface area contributed by atoms with E-state index in [1.165, 1.54) is 18.4 Å². The minimum Gasteiger partial charge on any atom is -0.333 e. The highest BCUT2D eigenvalue weighted by atomic mass is 16.2.